The average molecular weight is 362 g/mol. The molecule has 0 radical (unpaired) electrons. The van der Waals surface area contributed by atoms with Crippen LogP contribution < -0.4 is 10.5 Å². The lowest BCUT2D eigenvalue weighted by molar-refractivity contribution is -0.161. The molecular formula is C20H30N2O4. The van der Waals surface area contributed by atoms with Gasteiger partial charge in [0.2, 0.25) is 0 Å². The second-order valence-corrected chi connectivity index (χ2v) is 7.95. The number of carboxylic acids is 1. The lowest BCUT2D eigenvalue weighted by Crippen LogP contribution is -2.55. The van der Waals surface area contributed by atoms with Crippen LogP contribution in [-0.4, -0.2) is 39.4 Å². The van der Waals surface area contributed by atoms with Crippen molar-refractivity contribution in [1.82, 2.24) is 4.98 Å². The largest absolute Gasteiger partial charge is 0.493 e. The van der Waals surface area contributed by atoms with E-state index in [2.05, 4.69) is 4.98 Å². The van der Waals surface area contributed by atoms with Gasteiger partial charge in [0.1, 0.15) is 5.75 Å². The highest BCUT2D eigenvalue weighted by Gasteiger charge is 2.43. The van der Waals surface area contributed by atoms with Crippen molar-refractivity contribution in [2.24, 2.45) is 17.6 Å². The fourth-order valence-electron chi connectivity index (χ4n) is 3.47. The van der Waals surface area contributed by atoms with Crippen LogP contribution in [0.5, 0.6) is 5.75 Å². The maximum atomic E-state index is 11.7. The molecule has 2 saturated carbocycles. The van der Waals surface area contributed by atoms with E-state index in [1.807, 2.05) is 0 Å². The van der Waals surface area contributed by atoms with E-state index in [9.17, 15) is 15.0 Å². The van der Waals surface area contributed by atoms with Crippen molar-refractivity contribution in [2.75, 3.05) is 6.61 Å². The summed E-state index contributed by atoms with van der Waals surface area (Å²) in [5.41, 5.74) is 4.57. The summed E-state index contributed by atoms with van der Waals surface area (Å²) < 4.78 is 5.73. The van der Waals surface area contributed by atoms with Gasteiger partial charge in [-0.25, -0.2) is 4.79 Å². The molecule has 1 aromatic rings. The Morgan fingerprint density at radius 2 is 2.04 bits per heavy atom. The zero-order chi connectivity index (χ0) is 18.6. The molecule has 1 heterocycles. The number of nitrogens with zero attached hydrogens (tertiary/aromatic N) is 1. The molecule has 144 valence electrons. The summed E-state index contributed by atoms with van der Waals surface area (Å²) in [5.74, 6) is 0.786. The monoisotopic (exact) mass is 362 g/mol. The second kappa shape index (κ2) is 8.35. The summed E-state index contributed by atoms with van der Waals surface area (Å²) in [6.07, 6.45) is 10.1. The molecule has 0 amide bonds. The first-order valence-corrected chi connectivity index (χ1v) is 9.76. The van der Waals surface area contributed by atoms with E-state index in [-0.39, 0.29) is 6.42 Å². The quantitative estimate of drug-likeness (QED) is 0.558. The van der Waals surface area contributed by atoms with Gasteiger partial charge in [0.05, 0.1) is 6.61 Å². The van der Waals surface area contributed by atoms with Gasteiger partial charge >= 0.3 is 5.97 Å². The number of carbonyl (C=O) groups is 1. The zero-order valence-corrected chi connectivity index (χ0v) is 15.3. The van der Waals surface area contributed by atoms with Crippen LogP contribution >= 0.6 is 0 Å². The first-order chi connectivity index (χ1) is 12.5. The fraction of sp³-hybridized carbons (Fsp3) is 0.700. The first kappa shape index (κ1) is 19.1. The Kier molecular flexibility index (Phi) is 6.14. The Labute approximate surface area is 154 Å². The van der Waals surface area contributed by atoms with E-state index in [1.54, 1.807) is 18.3 Å². The normalized spacial score (nSPS) is 20.8. The topological polar surface area (TPSA) is 106 Å². The second-order valence-electron chi connectivity index (χ2n) is 7.95. The van der Waals surface area contributed by atoms with Crippen LogP contribution in [0.25, 0.3) is 0 Å². The van der Waals surface area contributed by atoms with E-state index in [0.717, 1.165) is 18.8 Å². The number of ether oxygens (including phenoxy) is 1. The van der Waals surface area contributed by atoms with Gasteiger partial charge in [-0.1, -0.05) is 32.1 Å². The Balaban J connectivity index is 1.59. The number of aliphatic hydroxyl groups is 1. The number of pyridine rings is 1. The molecule has 2 fully saturated rings. The van der Waals surface area contributed by atoms with Crippen LogP contribution in [0.3, 0.4) is 0 Å². The maximum Gasteiger partial charge on any atom is 0.337 e. The third kappa shape index (κ3) is 4.95. The first-order valence-electron chi connectivity index (χ1n) is 9.76. The van der Waals surface area contributed by atoms with Crippen LogP contribution in [0.4, 0.5) is 0 Å². The highest BCUT2D eigenvalue weighted by atomic mass is 16.5. The molecule has 6 nitrogen and oxygen atoms in total. The van der Waals surface area contributed by atoms with Crippen molar-refractivity contribution in [2.45, 2.75) is 69.4 Å². The Hall–Kier alpha value is -1.66. The van der Waals surface area contributed by atoms with Crippen LogP contribution in [0, 0.1) is 11.8 Å². The third-order valence-electron chi connectivity index (χ3n) is 5.82. The molecule has 2 unspecified atom stereocenters. The van der Waals surface area contributed by atoms with Gasteiger partial charge in [-0.2, -0.15) is 0 Å². The summed E-state index contributed by atoms with van der Waals surface area (Å²) in [4.78, 5) is 16.0. The fourth-order valence-corrected chi connectivity index (χ4v) is 3.47. The lowest BCUT2D eigenvalue weighted by Gasteiger charge is -2.32. The van der Waals surface area contributed by atoms with Crippen molar-refractivity contribution in [3.63, 3.8) is 0 Å². The predicted molar refractivity (Wildman–Crippen MR) is 97.9 cm³/mol. The Bertz CT molecular complexity index is 616. The number of carboxylic acid groups (broad SMARTS) is 1. The van der Waals surface area contributed by atoms with E-state index in [0.29, 0.717) is 30.4 Å². The van der Waals surface area contributed by atoms with E-state index in [4.69, 9.17) is 10.5 Å². The molecule has 2 atom stereocenters. The minimum absolute atomic E-state index is 0.117. The van der Waals surface area contributed by atoms with Crippen molar-refractivity contribution >= 4 is 5.97 Å². The SMILES string of the molecule is NC(CCC1CCC1)C(O)(Cc1cc(OCCC2CC2)ccn1)C(=O)O. The number of hydrogen-bond acceptors (Lipinski definition) is 5. The average Bonchev–Trinajstić information content (AvgIpc) is 3.37. The highest BCUT2D eigenvalue weighted by molar-refractivity contribution is 5.78. The number of hydrogen-bond donors (Lipinski definition) is 3. The standard InChI is InChI=1S/C20H30N2O4/c21-18(7-6-14-2-1-3-14)20(25,19(23)24)13-16-12-17(8-10-22-16)26-11-9-15-4-5-15/h8,10,12,14-15,18,25H,1-7,9,11,13,21H2,(H,23,24). The smallest absolute Gasteiger partial charge is 0.337 e. The van der Waals surface area contributed by atoms with Gasteiger partial charge in [0.25, 0.3) is 0 Å². The third-order valence-corrected chi connectivity index (χ3v) is 5.82. The molecule has 2 aliphatic carbocycles. The Morgan fingerprint density at radius 3 is 2.65 bits per heavy atom. The van der Waals surface area contributed by atoms with Crippen molar-refractivity contribution in [1.29, 1.82) is 0 Å². The van der Waals surface area contributed by atoms with Gasteiger partial charge in [-0.3, -0.25) is 4.98 Å². The zero-order valence-electron chi connectivity index (χ0n) is 15.3. The molecule has 0 aliphatic heterocycles. The number of nitrogens with two attached hydrogens (primary N) is 1. The minimum atomic E-state index is -2.01. The lowest BCUT2D eigenvalue weighted by atomic mass is 9.78. The van der Waals surface area contributed by atoms with Crippen molar-refractivity contribution < 1.29 is 19.7 Å². The Morgan fingerprint density at radius 1 is 1.31 bits per heavy atom. The molecule has 0 bridgehead atoms. The molecule has 2 aliphatic rings. The van der Waals surface area contributed by atoms with E-state index >= 15 is 0 Å². The van der Waals surface area contributed by atoms with Crippen molar-refractivity contribution in [3.05, 3.63) is 24.0 Å². The molecule has 0 saturated heterocycles. The van der Waals surface area contributed by atoms with Gasteiger partial charge in [-0.15, -0.1) is 0 Å². The maximum absolute atomic E-state index is 11.7. The summed E-state index contributed by atoms with van der Waals surface area (Å²) in [6, 6.07) is 2.65. The summed E-state index contributed by atoms with van der Waals surface area (Å²) in [5, 5.41) is 20.3. The molecule has 6 heteroatoms. The van der Waals surface area contributed by atoms with Crippen LogP contribution in [-0.2, 0) is 11.2 Å². The van der Waals surface area contributed by atoms with E-state index < -0.39 is 17.6 Å². The molecular weight excluding hydrogens is 332 g/mol. The number of aromatic nitrogens is 1. The molecule has 0 aromatic carbocycles. The van der Waals surface area contributed by atoms with Crippen molar-refractivity contribution in [3.8, 4) is 5.75 Å². The molecule has 1 aromatic heterocycles. The highest BCUT2D eigenvalue weighted by Crippen LogP contribution is 2.33. The van der Waals surface area contributed by atoms with Gasteiger partial charge in [0.15, 0.2) is 5.60 Å². The summed E-state index contributed by atoms with van der Waals surface area (Å²) in [7, 11) is 0. The summed E-state index contributed by atoms with van der Waals surface area (Å²) >= 11 is 0. The van der Waals surface area contributed by atoms with Crippen LogP contribution in [0.15, 0.2) is 18.3 Å². The van der Waals surface area contributed by atoms with E-state index in [1.165, 1.54) is 32.1 Å². The molecule has 0 spiro atoms. The van der Waals surface area contributed by atoms with Gasteiger partial charge in [0, 0.05) is 30.4 Å². The molecule has 4 N–H and O–H groups in total. The number of rotatable bonds is 11. The van der Waals surface area contributed by atoms with Gasteiger partial charge in [-0.05, 0) is 37.2 Å². The summed E-state index contributed by atoms with van der Waals surface area (Å²) in [6.45, 7) is 0.651. The minimum Gasteiger partial charge on any atom is -0.493 e. The van der Waals surface area contributed by atoms with Crippen LogP contribution in [0.1, 0.15) is 57.1 Å². The number of aliphatic carboxylic acids is 1. The molecule has 3 rings (SSSR count). The van der Waals surface area contributed by atoms with Gasteiger partial charge < -0.3 is 20.7 Å². The predicted octanol–water partition coefficient (Wildman–Crippen LogP) is 2.53. The van der Waals surface area contributed by atoms with Crippen LogP contribution in [0.2, 0.25) is 0 Å². The molecule has 26 heavy (non-hydrogen) atoms.